The Morgan fingerprint density at radius 2 is 2.18 bits per heavy atom. The summed E-state index contributed by atoms with van der Waals surface area (Å²) < 4.78 is 6.64. The lowest BCUT2D eigenvalue weighted by Gasteiger charge is -2.07. The zero-order valence-corrected chi connectivity index (χ0v) is 9.54. The van der Waals surface area contributed by atoms with Gasteiger partial charge >= 0.3 is 0 Å². The maximum absolute atomic E-state index is 11.7. The molecular weight excluding hydrogens is 218 g/mol. The molecule has 1 aromatic heterocycles. The van der Waals surface area contributed by atoms with Crippen molar-refractivity contribution in [2.45, 2.75) is 0 Å². The lowest BCUT2D eigenvalue weighted by Crippen LogP contribution is -2.17. The number of hydrogen-bond donors (Lipinski definition) is 0. The Kier molecular flexibility index (Phi) is 2.77. The van der Waals surface area contributed by atoms with Gasteiger partial charge in [0.15, 0.2) is 0 Å². The van der Waals surface area contributed by atoms with E-state index in [-0.39, 0.29) is 5.56 Å². The van der Waals surface area contributed by atoms with Gasteiger partial charge in [0.1, 0.15) is 5.75 Å². The number of benzene rings is 1. The molecule has 5 heteroatoms. The van der Waals surface area contributed by atoms with Crippen LogP contribution in [0.1, 0.15) is 5.56 Å². The van der Waals surface area contributed by atoms with Crippen LogP contribution < -0.4 is 10.3 Å². The molecule has 0 saturated carbocycles. The van der Waals surface area contributed by atoms with Crippen LogP contribution >= 0.6 is 0 Å². The van der Waals surface area contributed by atoms with Gasteiger partial charge in [-0.3, -0.25) is 4.79 Å². The van der Waals surface area contributed by atoms with Crippen molar-refractivity contribution in [1.82, 2.24) is 4.57 Å². The zero-order valence-electron chi connectivity index (χ0n) is 9.54. The fourth-order valence-corrected chi connectivity index (χ4v) is 1.76. The molecule has 0 aliphatic carbocycles. The Hall–Kier alpha value is -2.39. The highest BCUT2D eigenvalue weighted by Crippen LogP contribution is 2.21. The van der Waals surface area contributed by atoms with Crippen LogP contribution in [0.3, 0.4) is 0 Å². The van der Waals surface area contributed by atoms with Crippen LogP contribution in [-0.4, -0.2) is 22.7 Å². The van der Waals surface area contributed by atoms with Crippen LogP contribution in [0, 0.1) is 0 Å². The third-order valence-electron chi connectivity index (χ3n) is 2.68. The molecule has 0 aliphatic heterocycles. The maximum atomic E-state index is 11.7. The lowest BCUT2D eigenvalue weighted by atomic mass is 10.1. The van der Waals surface area contributed by atoms with Gasteiger partial charge < -0.3 is 14.8 Å². The normalized spacial score (nSPS) is 10.0. The van der Waals surface area contributed by atoms with Gasteiger partial charge in [0.2, 0.25) is 0 Å². The third kappa shape index (κ3) is 1.84. The van der Waals surface area contributed by atoms with E-state index in [2.05, 4.69) is 4.79 Å². The average Bonchev–Trinajstić information content (AvgIpc) is 2.35. The third-order valence-corrected chi connectivity index (χ3v) is 2.68. The first-order valence-electron chi connectivity index (χ1n) is 5.02. The highest BCUT2D eigenvalue weighted by Gasteiger charge is 2.08. The van der Waals surface area contributed by atoms with Crippen molar-refractivity contribution in [3.05, 3.63) is 45.7 Å². The molecule has 0 spiro atoms. The van der Waals surface area contributed by atoms with Crippen molar-refractivity contribution in [2.24, 2.45) is 7.05 Å². The van der Waals surface area contributed by atoms with Crippen molar-refractivity contribution in [2.75, 3.05) is 7.11 Å². The molecule has 0 fully saturated rings. The van der Waals surface area contributed by atoms with E-state index in [1.54, 1.807) is 26.3 Å². The Bertz CT molecular complexity index is 682. The van der Waals surface area contributed by atoms with E-state index < -0.39 is 0 Å². The summed E-state index contributed by atoms with van der Waals surface area (Å²) in [5.41, 5.74) is 9.72. The van der Waals surface area contributed by atoms with Gasteiger partial charge in [0.05, 0.1) is 18.2 Å². The molecule has 0 radical (unpaired) electrons. The molecule has 0 aliphatic rings. The molecule has 2 rings (SSSR count). The second-order valence-corrected chi connectivity index (χ2v) is 3.62. The van der Waals surface area contributed by atoms with E-state index in [0.717, 1.165) is 10.9 Å². The van der Waals surface area contributed by atoms with Crippen molar-refractivity contribution in [1.29, 1.82) is 0 Å². The molecule has 86 valence electrons. The molecular formula is C12H11N3O2. The lowest BCUT2D eigenvalue weighted by molar-refractivity contribution is 0.00465. The van der Waals surface area contributed by atoms with Gasteiger partial charge in [-0.1, -0.05) is 0 Å². The van der Waals surface area contributed by atoms with E-state index >= 15 is 0 Å². The van der Waals surface area contributed by atoms with Crippen molar-refractivity contribution >= 4 is 17.1 Å². The molecule has 0 saturated heterocycles. The number of ether oxygens (including phenoxy) is 1. The first-order valence-corrected chi connectivity index (χ1v) is 5.02. The van der Waals surface area contributed by atoms with Crippen LogP contribution in [0.25, 0.3) is 16.4 Å². The van der Waals surface area contributed by atoms with Crippen molar-refractivity contribution < 1.29 is 9.53 Å². The Balaban J connectivity index is 2.92. The predicted octanol–water partition coefficient (Wildman–Crippen LogP) is 1.20. The molecule has 2 aromatic rings. The van der Waals surface area contributed by atoms with E-state index in [1.165, 1.54) is 16.8 Å². The number of methoxy groups -OCH3 is 1. The molecule has 0 N–H and O–H groups in total. The largest absolute Gasteiger partial charge is 0.497 e. The van der Waals surface area contributed by atoms with E-state index in [0.29, 0.717) is 11.3 Å². The van der Waals surface area contributed by atoms with Gasteiger partial charge in [0, 0.05) is 24.6 Å². The molecule has 0 unspecified atom stereocenters. The molecule has 0 atom stereocenters. The summed E-state index contributed by atoms with van der Waals surface area (Å²) in [5, 5.41) is 0.825. The number of fused-ring (bicyclic) bond motifs is 1. The second-order valence-electron chi connectivity index (χ2n) is 3.62. The minimum atomic E-state index is -0.166. The Morgan fingerprint density at radius 3 is 2.82 bits per heavy atom. The average molecular weight is 229 g/mol. The van der Waals surface area contributed by atoms with E-state index in [9.17, 15) is 4.79 Å². The summed E-state index contributed by atoms with van der Waals surface area (Å²) in [5.74, 6) is 0.672. The Labute approximate surface area is 97.5 Å². The zero-order chi connectivity index (χ0) is 12.4. The van der Waals surface area contributed by atoms with Gasteiger partial charge in [-0.25, -0.2) is 0 Å². The van der Waals surface area contributed by atoms with Crippen LogP contribution in [-0.2, 0) is 7.05 Å². The number of pyridine rings is 1. The first kappa shape index (κ1) is 11.1. The first-order chi connectivity index (χ1) is 8.17. The maximum Gasteiger partial charge on any atom is 0.288 e. The summed E-state index contributed by atoms with van der Waals surface area (Å²) in [6, 6.07) is 6.81. The molecule has 5 nitrogen and oxygen atoms in total. The van der Waals surface area contributed by atoms with Crippen LogP contribution in [0.2, 0.25) is 0 Å². The van der Waals surface area contributed by atoms with Crippen LogP contribution in [0.4, 0.5) is 0 Å². The second kappa shape index (κ2) is 4.23. The van der Waals surface area contributed by atoms with Gasteiger partial charge in [-0.05, 0) is 12.1 Å². The standard InChI is InChI=1S/C12H11N3O2/c1-15-11-6-9(17-2)3-4-10(11)8(7-14-13)5-12(15)16/h3-7H,1-2H3. The highest BCUT2D eigenvalue weighted by atomic mass is 16.5. The smallest absolute Gasteiger partial charge is 0.288 e. The molecule has 1 heterocycles. The number of rotatable bonds is 2. The molecule has 0 bridgehead atoms. The van der Waals surface area contributed by atoms with Gasteiger partial charge in [-0.15, -0.1) is 0 Å². The predicted molar refractivity (Wildman–Crippen MR) is 64.5 cm³/mol. The number of aryl methyl sites for hydroxylation is 1. The molecule has 1 aromatic carbocycles. The van der Waals surface area contributed by atoms with Crippen LogP contribution in [0.15, 0.2) is 29.1 Å². The van der Waals surface area contributed by atoms with Gasteiger partial charge in [0.25, 0.3) is 11.8 Å². The van der Waals surface area contributed by atoms with E-state index in [4.69, 9.17) is 10.3 Å². The fraction of sp³-hybridized carbons (Fsp3) is 0.167. The molecule has 0 amide bonds. The minimum absolute atomic E-state index is 0.166. The molecule has 17 heavy (non-hydrogen) atoms. The SMILES string of the molecule is COc1ccc2c(C=[N+]=[N-])cc(=O)n(C)c2c1. The minimum Gasteiger partial charge on any atom is -0.497 e. The van der Waals surface area contributed by atoms with E-state index in [1.807, 2.05) is 6.07 Å². The summed E-state index contributed by atoms with van der Waals surface area (Å²) in [6.07, 6.45) is 1.25. The highest BCUT2D eigenvalue weighted by molar-refractivity contribution is 5.96. The fourth-order valence-electron chi connectivity index (χ4n) is 1.76. The van der Waals surface area contributed by atoms with Crippen molar-refractivity contribution in [3.63, 3.8) is 0 Å². The summed E-state index contributed by atoms with van der Waals surface area (Å²) in [7, 11) is 3.25. The van der Waals surface area contributed by atoms with Gasteiger partial charge in [-0.2, -0.15) is 4.79 Å². The quantitative estimate of drug-likeness (QED) is 0.441. The summed E-state index contributed by atoms with van der Waals surface area (Å²) in [6.45, 7) is 0. The Morgan fingerprint density at radius 1 is 1.41 bits per heavy atom. The number of hydrogen-bond acceptors (Lipinski definition) is 2. The van der Waals surface area contributed by atoms with Crippen molar-refractivity contribution in [3.8, 4) is 5.75 Å². The summed E-state index contributed by atoms with van der Waals surface area (Å²) in [4.78, 5) is 14.7. The van der Waals surface area contributed by atoms with Crippen LogP contribution in [0.5, 0.6) is 5.75 Å². The number of aromatic nitrogens is 1. The summed E-state index contributed by atoms with van der Waals surface area (Å²) >= 11 is 0. The topological polar surface area (TPSA) is 67.6 Å². The monoisotopic (exact) mass is 229 g/mol. The number of nitrogens with zero attached hydrogens (tertiary/aromatic N) is 3.